The maximum absolute atomic E-state index is 14.0. The fourth-order valence-corrected chi connectivity index (χ4v) is 2.67. The van der Waals surface area contributed by atoms with Gasteiger partial charge in [0.05, 0.1) is 18.3 Å². The Morgan fingerprint density at radius 2 is 1.93 bits per heavy atom. The van der Waals surface area contributed by atoms with Crippen molar-refractivity contribution >= 4 is 5.91 Å². The van der Waals surface area contributed by atoms with Crippen LogP contribution in [0.1, 0.15) is 27.6 Å². The summed E-state index contributed by atoms with van der Waals surface area (Å²) in [5.74, 6) is -0.740. The fraction of sp³-hybridized carbons (Fsp3) is 0.222. The van der Waals surface area contributed by atoms with Crippen molar-refractivity contribution in [1.82, 2.24) is 14.7 Å². The summed E-state index contributed by atoms with van der Waals surface area (Å²) in [6, 6.07) is 8.22. The number of benzene rings is 1. The van der Waals surface area contributed by atoms with Crippen molar-refractivity contribution in [3.05, 3.63) is 71.2 Å². The van der Waals surface area contributed by atoms with Gasteiger partial charge in [-0.15, -0.1) is 0 Å². The van der Waals surface area contributed by atoms with Gasteiger partial charge in [-0.05, 0) is 31.2 Å². The minimum Gasteiger partial charge on any atom is -0.464 e. The highest BCUT2D eigenvalue weighted by Crippen LogP contribution is 2.34. The van der Waals surface area contributed by atoms with Crippen LogP contribution >= 0.6 is 0 Å². The number of halogens is 4. The third-order valence-electron chi connectivity index (χ3n) is 3.88. The molecule has 3 rings (SSSR count). The summed E-state index contributed by atoms with van der Waals surface area (Å²) in [6.45, 7) is 1.69. The SMILES string of the molecule is Cc1ccc(CN(C)C(=O)c2cnn(-c3ccccc3F)c2C(F)(F)F)o1. The third-order valence-corrected chi connectivity index (χ3v) is 3.88. The smallest absolute Gasteiger partial charge is 0.434 e. The molecule has 5 nitrogen and oxygen atoms in total. The molecular formula is C18H15F4N3O2. The predicted molar refractivity (Wildman–Crippen MR) is 87.8 cm³/mol. The number of carbonyl (C=O) groups is 1. The number of rotatable bonds is 4. The zero-order valence-electron chi connectivity index (χ0n) is 14.4. The zero-order chi connectivity index (χ0) is 19.8. The second-order valence-corrected chi connectivity index (χ2v) is 5.94. The first-order valence-electron chi connectivity index (χ1n) is 7.89. The Hall–Kier alpha value is -3.10. The molecule has 0 unspecified atom stereocenters. The second-order valence-electron chi connectivity index (χ2n) is 5.94. The minimum atomic E-state index is -4.91. The quantitative estimate of drug-likeness (QED) is 0.637. The lowest BCUT2D eigenvalue weighted by molar-refractivity contribution is -0.143. The molecule has 9 heteroatoms. The van der Waals surface area contributed by atoms with Crippen molar-refractivity contribution in [2.45, 2.75) is 19.6 Å². The molecule has 0 atom stereocenters. The van der Waals surface area contributed by atoms with Crippen LogP contribution in [0.3, 0.4) is 0 Å². The van der Waals surface area contributed by atoms with Crippen LogP contribution in [0, 0.1) is 12.7 Å². The van der Waals surface area contributed by atoms with E-state index in [1.807, 2.05) is 0 Å². The summed E-state index contributed by atoms with van der Waals surface area (Å²) in [7, 11) is 1.35. The summed E-state index contributed by atoms with van der Waals surface area (Å²) in [4.78, 5) is 13.7. The molecule has 0 aliphatic carbocycles. The highest BCUT2D eigenvalue weighted by Gasteiger charge is 2.41. The van der Waals surface area contributed by atoms with E-state index < -0.39 is 34.8 Å². The van der Waals surface area contributed by atoms with Gasteiger partial charge in [-0.2, -0.15) is 18.3 Å². The molecule has 0 saturated heterocycles. The van der Waals surface area contributed by atoms with Gasteiger partial charge in [-0.25, -0.2) is 9.07 Å². The molecule has 0 spiro atoms. The molecule has 0 bridgehead atoms. The first-order chi connectivity index (χ1) is 12.7. The van der Waals surface area contributed by atoms with Gasteiger partial charge in [0.1, 0.15) is 23.0 Å². The molecule has 2 heterocycles. The molecule has 3 aromatic rings. The van der Waals surface area contributed by atoms with E-state index in [1.54, 1.807) is 19.1 Å². The van der Waals surface area contributed by atoms with Gasteiger partial charge >= 0.3 is 6.18 Å². The van der Waals surface area contributed by atoms with E-state index in [0.717, 1.165) is 23.2 Å². The summed E-state index contributed by atoms with van der Waals surface area (Å²) in [6.07, 6.45) is -4.12. The maximum atomic E-state index is 14.0. The highest BCUT2D eigenvalue weighted by molar-refractivity contribution is 5.95. The summed E-state index contributed by atoms with van der Waals surface area (Å²) >= 11 is 0. The number of aryl methyl sites for hydroxylation is 1. The fourth-order valence-electron chi connectivity index (χ4n) is 2.67. The normalized spacial score (nSPS) is 11.6. The van der Waals surface area contributed by atoms with E-state index in [0.29, 0.717) is 16.2 Å². The maximum Gasteiger partial charge on any atom is 0.434 e. The molecule has 0 aliphatic rings. The number of carbonyl (C=O) groups excluding carboxylic acids is 1. The van der Waals surface area contributed by atoms with Gasteiger partial charge in [-0.1, -0.05) is 12.1 Å². The molecule has 0 saturated carbocycles. The first kappa shape index (κ1) is 18.7. The molecule has 0 N–H and O–H groups in total. The summed E-state index contributed by atoms with van der Waals surface area (Å²) in [5.41, 5.74) is -2.40. The Morgan fingerprint density at radius 1 is 1.22 bits per heavy atom. The van der Waals surface area contributed by atoms with E-state index in [4.69, 9.17) is 4.42 Å². The molecule has 1 aromatic carbocycles. The van der Waals surface area contributed by atoms with Crippen LogP contribution in [0.25, 0.3) is 5.69 Å². The third kappa shape index (κ3) is 3.71. The van der Waals surface area contributed by atoms with Crippen molar-refractivity contribution in [3.8, 4) is 5.69 Å². The monoisotopic (exact) mass is 381 g/mol. The predicted octanol–water partition coefficient (Wildman–Crippen LogP) is 4.20. The number of aromatic nitrogens is 2. The standard InChI is InChI=1S/C18H15F4N3O2/c1-11-7-8-12(27-11)10-24(2)17(26)13-9-23-25(16(13)18(20,21)22)15-6-4-3-5-14(15)19/h3-9H,10H2,1-2H3. The Labute approximate surface area is 151 Å². The van der Waals surface area contributed by atoms with E-state index in [-0.39, 0.29) is 6.54 Å². The lowest BCUT2D eigenvalue weighted by atomic mass is 10.2. The van der Waals surface area contributed by atoms with Gasteiger partial charge in [0.25, 0.3) is 5.91 Å². The van der Waals surface area contributed by atoms with Crippen LogP contribution in [-0.2, 0) is 12.7 Å². The van der Waals surface area contributed by atoms with Crippen molar-refractivity contribution in [3.63, 3.8) is 0 Å². The molecule has 27 heavy (non-hydrogen) atoms. The molecular weight excluding hydrogens is 366 g/mol. The van der Waals surface area contributed by atoms with Gasteiger partial charge in [0.2, 0.25) is 0 Å². The van der Waals surface area contributed by atoms with Crippen molar-refractivity contribution in [2.75, 3.05) is 7.05 Å². The Balaban J connectivity index is 2.00. The number of hydrogen-bond acceptors (Lipinski definition) is 3. The van der Waals surface area contributed by atoms with Gasteiger partial charge in [-0.3, -0.25) is 4.79 Å². The van der Waals surface area contributed by atoms with Crippen LogP contribution in [0.4, 0.5) is 17.6 Å². The van der Waals surface area contributed by atoms with Crippen LogP contribution in [0.2, 0.25) is 0 Å². The van der Waals surface area contributed by atoms with Crippen LogP contribution in [0.15, 0.2) is 47.0 Å². The van der Waals surface area contributed by atoms with Gasteiger partial charge < -0.3 is 9.32 Å². The molecule has 0 radical (unpaired) electrons. The highest BCUT2D eigenvalue weighted by atomic mass is 19.4. The zero-order valence-corrected chi connectivity index (χ0v) is 14.4. The van der Waals surface area contributed by atoms with Crippen LogP contribution in [-0.4, -0.2) is 27.6 Å². The first-order valence-corrected chi connectivity index (χ1v) is 7.89. The van der Waals surface area contributed by atoms with E-state index in [9.17, 15) is 22.4 Å². The van der Waals surface area contributed by atoms with Crippen LogP contribution in [0.5, 0.6) is 0 Å². The molecule has 0 aliphatic heterocycles. The molecule has 2 aromatic heterocycles. The minimum absolute atomic E-state index is 0.0190. The number of hydrogen-bond donors (Lipinski definition) is 0. The Kier molecular flexibility index (Phi) is 4.77. The molecule has 1 amide bonds. The van der Waals surface area contributed by atoms with Gasteiger partial charge in [0, 0.05) is 7.05 Å². The van der Waals surface area contributed by atoms with E-state index >= 15 is 0 Å². The second kappa shape index (κ2) is 6.90. The van der Waals surface area contributed by atoms with Crippen molar-refractivity contribution < 1.29 is 26.8 Å². The van der Waals surface area contributed by atoms with E-state index in [2.05, 4.69) is 5.10 Å². The van der Waals surface area contributed by atoms with E-state index in [1.165, 1.54) is 19.2 Å². The summed E-state index contributed by atoms with van der Waals surface area (Å²) < 4.78 is 60.6. The number of para-hydroxylation sites is 1. The number of furan rings is 1. The average Bonchev–Trinajstić information content (AvgIpc) is 3.20. The largest absolute Gasteiger partial charge is 0.464 e. The van der Waals surface area contributed by atoms with Crippen molar-refractivity contribution in [2.24, 2.45) is 0 Å². The Bertz CT molecular complexity index is 975. The number of alkyl halides is 3. The van der Waals surface area contributed by atoms with Crippen molar-refractivity contribution in [1.29, 1.82) is 0 Å². The Morgan fingerprint density at radius 3 is 2.52 bits per heavy atom. The lowest BCUT2D eigenvalue weighted by Gasteiger charge is -2.17. The number of nitrogens with zero attached hydrogens (tertiary/aromatic N) is 3. The van der Waals surface area contributed by atoms with Gasteiger partial charge in [0.15, 0.2) is 5.69 Å². The average molecular weight is 381 g/mol. The number of amides is 1. The molecule has 142 valence electrons. The van der Waals surface area contributed by atoms with Crippen LogP contribution < -0.4 is 0 Å². The summed E-state index contributed by atoms with van der Waals surface area (Å²) in [5, 5.41) is 3.61. The lowest BCUT2D eigenvalue weighted by Crippen LogP contribution is -2.28. The molecule has 0 fully saturated rings. The topological polar surface area (TPSA) is 51.3 Å².